The molecule has 2 saturated heterocycles. The van der Waals surface area contributed by atoms with Crippen molar-refractivity contribution in [2.75, 3.05) is 31.9 Å². The van der Waals surface area contributed by atoms with Crippen LogP contribution in [0.3, 0.4) is 0 Å². The first-order chi connectivity index (χ1) is 26.3. The Morgan fingerprint density at radius 2 is 1.73 bits per heavy atom. The summed E-state index contributed by atoms with van der Waals surface area (Å²) in [7, 11) is 0. The van der Waals surface area contributed by atoms with Gasteiger partial charge in [-0.25, -0.2) is 4.98 Å². The Bertz CT molecular complexity index is 2050. The van der Waals surface area contributed by atoms with Crippen molar-refractivity contribution >= 4 is 29.2 Å². The third-order valence-electron chi connectivity index (χ3n) is 11.0. The number of imide groups is 1. The van der Waals surface area contributed by atoms with Crippen LogP contribution in [0.5, 0.6) is 0 Å². The third kappa shape index (κ3) is 9.52. The second-order valence-electron chi connectivity index (χ2n) is 16.1. The number of nitrogens with two attached hydrogens (primary N) is 2. The summed E-state index contributed by atoms with van der Waals surface area (Å²) in [6.07, 6.45) is 7.67. The van der Waals surface area contributed by atoms with E-state index in [-0.39, 0.29) is 29.1 Å². The van der Waals surface area contributed by atoms with Crippen LogP contribution >= 0.6 is 0 Å². The molecule has 6 N–H and O–H groups in total. The number of aryl methyl sites for hydroxylation is 1. The molecule has 0 saturated carbocycles. The minimum Gasteiger partial charge on any atom is -0.396 e. The highest BCUT2D eigenvalue weighted by Crippen LogP contribution is 2.31. The summed E-state index contributed by atoms with van der Waals surface area (Å²) in [6, 6.07) is 20.5. The molecule has 0 spiro atoms. The Morgan fingerprint density at radius 1 is 1.00 bits per heavy atom. The minimum atomic E-state index is -0.275. The summed E-state index contributed by atoms with van der Waals surface area (Å²) in [5.74, 6) is 6.23. The number of aromatic nitrogens is 2. The molecular formula is C44H54N8O3. The van der Waals surface area contributed by atoms with Crippen LogP contribution in [-0.2, 0) is 20.8 Å². The largest absolute Gasteiger partial charge is 0.396 e. The van der Waals surface area contributed by atoms with Gasteiger partial charge in [0.2, 0.25) is 17.7 Å². The molecule has 0 bridgehead atoms. The van der Waals surface area contributed by atoms with Gasteiger partial charge in [0, 0.05) is 77.1 Å². The first kappa shape index (κ1) is 39.4. The van der Waals surface area contributed by atoms with E-state index in [1.165, 1.54) is 5.56 Å². The van der Waals surface area contributed by atoms with Crippen LogP contribution in [0, 0.1) is 17.7 Å². The second kappa shape index (κ2) is 17.0. The van der Waals surface area contributed by atoms with Gasteiger partial charge in [-0.3, -0.25) is 30.3 Å². The summed E-state index contributed by atoms with van der Waals surface area (Å²) in [5.41, 5.74) is 15.1. The summed E-state index contributed by atoms with van der Waals surface area (Å²) >= 11 is 0. The van der Waals surface area contributed by atoms with Gasteiger partial charge in [-0.1, -0.05) is 70.2 Å². The normalized spacial score (nSPS) is 17.9. The average molecular weight is 743 g/mol. The van der Waals surface area contributed by atoms with Gasteiger partial charge in [0.25, 0.3) is 0 Å². The minimum absolute atomic E-state index is 0.138. The predicted molar refractivity (Wildman–Crippen MR) is 218 cm³/mol. The number of carbonyl (C=O) groups is 2. The molecule has 4 heterocycles. The molecule has 2 aliphatic heterocycles. The van der Waals surface area contributed by atoms with E-state index in [1.54, 1.807) is 6.20 Å². The number of pyridine rings is 2. The van der Waals surface area contributed by atoms with Crippen LogP contribution in [0.25, 0.3) is 11.1 Å². The number of likely N-dealkylation sites (tertiary alicyclic amines) is 1. The van der Waals surface area contributed by atoms with Gasteiger partial charge in [0.15, 0.2) is 0 Å². The van der Waals surface area contributed by atoms with E-state index in [0.717, 1.165) is 78.0 Å². The quantitative estimate of drug-likeness (QED) is 0.0560. The van der Waals surface area contributed by atoms with E-state index < -0.39 is 0 Å². The number of anilines is 1. The SMILES string of the molecule is Cc1cc(C(=N)c2cc(-c3ccc(C4CCN(CCc5ccc([C@@H]6CCC(=O)NC6=O)cc5)CC4)nc3)cnc2N)ccc1[C@@H](C)CN=C(ON)C(C)(C)C. The molecule has 2 amide bonds. The maximum atomic E-state index is 12.2. The zero-order chi connectivity index (χ0) is 39.3. The van der Waals surface area contributed by atoms with Gasteiger partial charge in [-0.2, -0.15) is 5.90 Å². The van der Waals surface area contributed by atoms with E-state index in [0.29, 0.717) is 48.3 Å². The number of nitrogen functional groups attached to an aromatic ring is 1. The van der Waals surface area contributed by atoms with Crippen molar-refractivity contribution < 1.29 is 14.4 Å². The molecule has 0 unspecified atom stereocenters. The van der Waals surface area contributed by atoms with Crippen LogP contribution in [0.15, 0.2) is 78.0 Å². The van der Waals surface area contributed by atoms with Crippen LogP contribution in [0.2, 0.25) is 0 Å². The predicted octanol–water partition coefficient (Wildman–Crippen LogP) is 6.83. The zero-order valence-electron chi connectivity index (χ0n) is 32.7. The van der Waals surface area contributed by atoms with Crippen molar-refractivity contribution in [2.24, 2.45) is 16.3 Å². The maximum Gasteiger partial charge on any atom is 0.234 e. The Hall–Kier alpha value is -5.26. The number of nitrogens with zero attached hydrogens (tertiary/aromatic N) is 4. The number of benzene rings is 2. The van der Waals surface area contributed by atoms with Crippen molar-refractivity contribution in [3.05, 3.63) is 112 Å². The van der Waals surface area contributed by atoms with Gasteiger partial charge in [-0.15, -0.1) is 0 Å². The van der Waals surface area contributed by atoms with Crippen molar-refractivity contribution in [3.63, 3.8) is 0 Å². The van der Waals surface area contributed by atoms with E-state index >= 15 is 0 Å². The Morgan fingerprint density at radius 3 is 2.36 bits per heavy atom. The highest BCUT2D eigenvalue weighted by Gasteiger charge is 2.28. The van der Waals surface area contributed by atoms with Crippen molar-refractivity contribution in [1.29, 1.82) is 5.41 Å². The molecule has 6 rings (SSSR count). The number of hydrogen-bond donors (Lipinski definition) is 4. The lowest BCUT2D eigenvalue weighted by atomic mass is 9.90. The number of aliphatic imine (C=N–C) groups is 1. The molecule has 0 aliphatic carbocycles. The number of nitrogens with one attached hydrogen (secondary N) is 2. The van der Waals surface area contributed by atoms with Gasteiger partial charge in [0.05, 0.1) is 11.6 Å². The first-order valence-electron chi connectivity index (χ1n) is 19.3. The summed E-state index contributed by atoms with van der Waals surface area (Å²) < 4.78 is 0. The fourth-order valence-electron chi connectivity index (χ4n) is 7.63. The molecule has 4 aromatic rings. The Kier molecular flexibility index (Phi) is 12.2. The standard InChI is InChI=1S/C44H54N8O3/c1-27-22-32(10-12-35(27)28(2)24-50-43(55-47)44(3,4)5)40(45)37-23-34(26-49-41(37)46)33-11-14-38(48-25-33)31-17-20-52(21-18-31)19-16-29-6-8-30(9-7-29)36-13-15-39(53)51-42(36)54/h6-12,14,22-23,25-26,28,31,36,45H,13,15-21,24,47H2,1-5H3,(H2,46,49)(H,51,53,54)/t28-,36-/m0/s1. The van der Waals surface area contributed by atoms with Crippen LogP contribution in [-0.4, -0.2) is 64.5 Å². The second-order valence-corrected chi connectivity index (χ2v) is 16.1. The van der Waals surface area contributed by atoms with Gasteiger partial charge < -0.3 is 15.5 Å². The molecule has 288 valence electrons. The topological polar surface area (TPSA) is 173 Å². The van der Waals surface area contributed by atoms with Crippen LogP contribution in [0.4, 0.5) is 5.82 Å². The molecule has 11 nitrogen and oxygen atoms in total. The fraction of sp³-hybridized carbons (Fsp3) is 0.409. The van der Waals surface area contributed by atoms with Crippen molar-refractivity contribution in [2.45, 2.75) is 84.5 Å². The highest BCUT2D eigenvalue weighted by atomic mass is 16.6. The number of hydrogen-bond acceptors (Lipinski definition) is 10. The van der Waals surface area contributed by atoms with E-state index in [1.807, 2.05) is 57.3 Å². The number of piperidine rings is 2. The van der Waals surface area contributed by atoms with Gasteiger partial charge in [-0.05, 0) is 86.1 Å². The number of carbonyl (C=O) groups excluding carboxylic acids is 2. The summed E-state index contributed by atoms with van der Waals surface area (Å²) in [4.78, 5) is 45.3. The molecule has 2 fully saturated rings. The average Bonchev–Trinajstić information content (AvgIpc) is 3.17. The smallest absolute Gasteiger partial charge is 0.234 e. The fourth-order valence-corrected chi connectivity index (χ4v) is 7.63. The zero-order valence-corrected chi connectivity index (χ0v) is 32.7. The Balaban J connectivity index is 1.03. The molecular weight excluding hydrogens is 689 g/mol. The maximum absolute atomic E-state index is 12.2. The molecule has 0 radical (unpaired) electrons. The lowest BCUT2D eigenvalue weighted by Crippen LogP contribution is -2.39. The summed E-state index contributed by atoms with van der Waals surface area (Å²) in [5, 5.41) is 11.5. The van der Waals surface area contributed by atoms with Crippen molar-refractivity contribution in [1.82, 2.24) is 20.2 Å². The first-order valence-corrected chi connectivity index (χ1v) is 19.3. The van der Waals surface area contributed by atoms with E-state index in [2.05, 4.69) is 64.4 Å². The molecule has 2 aliphatic rings. The van der Waals surface area contributed by atoms with Crippen LogP contribution in [0.1, 0.15) is 110 Å². The monoisotopic (exact) mass is 742 g/mol. The molecule has 2 aromatic carbocycles. The van der Waals surface area contributed by atoms with Crippen molar-refractivity contribution in [3.8, 4) is 11.1 Å². The third-order valence-corrected chi connectivity index (χ3v) is 11.0. The van der Waals surface area contributed by atoms with Gasteiger partial charge in [0.1, 0.15) is 5.82 Å². The summed E-state index contributed by atoms with van der Waals surface area (Å²) in [6.45, 7) is 13.8. The van der Waals surface area contributed by atoms with E-state index in [9.17, 15) is 9.59 Å². The van der Waals surface area contributed by atoms with Gasteiger partial charge >= 0.3 is 0 Å². The van der Waals surface area contributed by atoms with Crippen LogP contribution < -0.4 is 16.9 Å². The lowest BCUT2D eigenvalue weighted by Gasteiger charge is -2.31. The highest BCUT2D eigenvalue weighted by molar-refractivity contribution is 6.14. The molecule has 55 heavy (non-hydrogen) atoms. The van der Waals surface area contributed by atoms with E-state index in [4.69, 9.17) is 26.9 Å². The molecule has 2 atom stereocenters. The molecule has 2 aromatic heterocycles. The Labute approximate surface area is 324 Å². The molecule has 11 heteroatoms. The number of rotatable bonds is 11. The lowest BCUT2D eigenvalue weighted by molar-refractivity contribution is -0.134. The number of amides is 2.